The molecule has 0 atom stereocenters. The van der Waals surface area contributed by atoms with Gasteiger partial charge in [-0.2, -0.15) is 0 Å². The second-order valence-corrected chi connectivity index (χ2v) is 7.08. The van der Waals surface area contributed by atoms with Crippen LogP contribution >= 0.6 is 0 Å². The van der Waals surface area contributed by atoms with Crippen LogP contribution in [0.15, 0.2) is 53.4 Å². The van der Waals surface area contributed by atoms with Crippen LogP contribution in [0.1, 0.15) is 6.92 Å². The molecule has 0 heterocycles. The smallest absolute Gasteiger partial charge is 0.261 e. The molecule has 8 nitrogen and oxygen atoms in total. The van der Waals surface area contributed by atoms with E-state index < -0.39 is 10.0 Å². The number of hydrogen-bond acceptors (Lipinski definition) is 6. The van der Waals surface area contributed by atoms with Crippen molar-refractivity contribution in [1.29, 1.82) is 0 Å². The maximum atomic E-state index is 12.4. The highest BCUT2D eigenvalue weighted by Gasteiger charge is 2.14. The molecule has 0 spiro atoms. The quantitative estimate of drug-likeness (QED) is 0.561. The van der Waals surface area contributed by atoms with Crippen LogP contribution in [0.5, 0.6) is 11.5 Å². The number of amides is 1. The SMILES string of the molecule is CCOc1ccc(NS(=O)(=O)c2ccc(OCC(=O)NCCO)cc2)cc1. The third-order valence-corrected chi connectivity index (χ3v) is 4.75. The molecule has 146 valence electrons. The molecule has 1 amide bonds. The molecule has 0 fully saturated rings. The normalized spacial score (nSPS) is 10.9. The third kappa shape index (κ3) is 6.46. The van der Waals surface area contributed by atoms with Crippen LogP contribution < -0.4 is 19.5 Å². The lowest BCUT2D eigenvalue weighted by Gasteiger charge is -2.10. The first-order chi connectivity index (χ1) is 12.9. The van der Waals surface area contributed by atoms with Crippen LogP contribution in [0.3, 0.4) is 0 Å². The van der Waals surface area contributed by atoms with Gasteiger partial charge in [0, 0.05) is 12.2 Å². The van der Waals surface area contributed by atoms with Gasteiger partial charge < -0.3 is 19.9 Å². The van der Waals surface area contributed by atoms with Gasteiger partial charge in [0.15, 0.2) is 6.61 Å². The Kier molecular flexibility index (Phi) is 7.44. The van der Waals surface area contributed by atoms with E-state index in [0.29, 0.717) is 23.8 Å². The van der Waals surface area contributed by atoms with Crippen LogP contribution in [0, 0.1) is 0 Å². The molecular formula is C18H22N2O6S. The molecule has 0 aliphatic rings. The molecule has 2 aromatic rings. The van der Waals surface area contributed by atoms with Gasteiger partial charge in [-0.3, -0.25) is 9.52 Å². The highest BCUT2D eigenvalue weighted by molar-refractivity contribution is 7.92. The number of sulfonamides is 1. The van der Waals surface area contributed by atoms with Crippen molar-refractivity contribution in [3.63, 3.8) is 0 Å². The predicted molar refractivity (Wildman–Crippen MR) is 100 cm³/mol. The van der Waals surface area contributed by atoms with E-state index in [4.69, 9.17) is 14.6 Å². The zero-order valence-corrected chi connectivity index (χ0v) is 15.7. The summed E-state index contributed by atoms with van der Waals surface area (Å²) in [5.74, 6) is 0.636. The number of carbonyl (C=O) groups is 1. The van der Waals surface area contributed by atoms with Crippen LogP contribution in [0.2, 0.25) is 0 Å². The Hall–Kier alpha value is -2.78. The van der Waals surface area contributed by atoms with Gasteiger partial charge in [-0.25, -0.2) is 8.42 Å². The molecule has 2 aromatic carbocycles. The van der Waals surface area contributed by atoms with Gasteiger partial charge >= 0.3 is 0 Å². The first-order valence-electron chi connectivity index (χ1n) is 8.30. The fraction of sp³-hybridized carbons (Fsp3) is 0.278. The number of ether oxygens (including phenoxy) is 2. The van der Waals surface area contributed by atoms with Gasteiger partial charge in [0.2, 0.25) is 0 Å². The van der Waals surface area contributed by atoms with E-state index in [1.54, 1.807) is 24.3 Å². The van der Waals surface area contributed by atoms with E-state index >= 15 is 0 Å². The average Bonchev–Trinajstić information content (AvgIpc) is 2.66. The number of hydrogen-bond donors (Lipinski definition) is 3. The number of nitrogens with one attached hydrogen (secondary N) is 2. The molecule has 0 bridgehead atoms. The molecule has 0 radical (unpaired) electrons. The maximum absolute atomic E-state index is 12.4. The minimum Gasteiger partial charge on any atom is -0.494 e. The van der Waals surface area contributed by atoms with Gasteiger partial charge in [-0.05, 0) is 55.5 Å². The van der Waals surface area contributed by atoms with E-state index in [9.17, 15) is 13.2 Å². The van der Waals surface area contributed by atoms with Gasteiger partial charge in [0.25, 0.3) is 15.9 Å². The summed E-state index contributed by atoms with van der Waals surface area (Å²) in [6, 6.07) is 12.3. The molecule has 0 saturated heterocycles. The lowest BCUT2D eigenvalue weighted by Crippen LogP contribution is -2.31. The first-order valence-corrected chi connectivity index (χ1v) is 9.79. The van der Waals surface area contributed by atoms with Crippen LogP contribution in [-0.2, 0) is 14.8 Å². The summed E-state index contributed by atoms with van der Waals surface area (Å²) < 4.78 is 37.9. The van der Waals surface area contributed by atoms with E-state index in [0.717, 1.165) is 0 Å². The molecular weight excluding hydrogens is 372 g/mol. The number of carbonyl (C=O) groups excluding carboxylic acids is 1. The molecule has 0 saturated carbocycles. The zero-order valence-electron chi connectivity index (χ0n) is 14.8. The number of aliphatic hydroxyl groups excluding tert-OH is 1. The second kappa shape index (κ2) is 9.79. The molecule has 27 heavy (non-hydrogen) atoms. The summed E-state index contributed by atoms with van der Waals surface area (Å²) in [7, 11) is -3.75. The topological polar surface area (TPSA) is 114 Å². The van der Waals surface area contributed by atoms with Gasteiger partial charge in [0.05, 0.1) is 18.1 Å². The number of anilines is 1. The molecule has 3 N–H and O–H groups in total. The Morgan fingerprint density at radius 2 is 1.59 bits per heavy atom. The van der Waals surface area contributed by atoms with E-state index in [1.165, 1.54) is 24.3 Å². The van der Waals surface area contributed by atoms with E-state index in [1.807, 2.05) is 6.92 Å². The van der Waals surface area contributed by atoms with Crippen molar-refractivity contribution in [1.82, 2.24) is 5.32 Å². The Morgan fingerprint density at radius 1 is 1.00 bits per heavy atom. The fourth-order valence-electron chi connectivity index (χ4n) is 2.11. The maximum Gasteiger partial charge on any atom is 0.261 e. The molecule has 2 rings (SSSR count). The average molecular weight is 394 g/mol. The zero-order chi connectivity index (χ0) is 19.7. The predicted octanol–water partition coefficient (Wildman–Crippen LogP) is 1.37. The molecule has 9 heteroatoms. The molecule has 0 unspecified atom stereocenters. The summed E-state index contributed by atoms with van der Waals surface area (Å²) in [6.45, 7) is 2.17. The van der Waals surface area contributed by atoms with E-state index in [2.05, 4.69) is 10.0 Å². The first kappa shape index (κ1) is 20.5. The largest absolute Gasteiger partial charge is 0.494 e. The molecule has 0 aliphatic heterocycles. The van der Waals surface area contributed by atoms with Crippen molar-refractivity contribution in [2.24, 2.45) is 0 Å². The van der Waals surface area contributed by atoms with Gasteiger partial charge in [-0.1, -0.05) is 0 Å². The summed E-state index contributed by atoms with van der Waals surface area (Å²) >= 11 is 0. The summed E-state index contributed by atoms with van der Waals surface area (Å²) in [5, 5.41) is 11.1. The molecule has 0 aliphatic carbocycles. The number of benzene rings is 2. The van der Waals surface area contributed by atoms with E-state index in [-0.39, 0.29) is 30.6 Å². The summed E-state index contributed by atoms with van der Waals surface area (Å²) in [6.07, 6.45) is 0. The Labute approximate surface area is 158 Å². The summed E-state index contributed by atoms with van der Waals surface area (Å²) in [5.41, 5.74) is 0.416. The minimum atomic E-state index is -3.75. The number of aliphatic hydroxyl groups is 1. The Balaban J connectivity index is 1.97. The highest BCUT2D eigenvalue weighted by atomic mass is 32.2. The standard InChI is InChI=1S/C18H22N2O6S/c1-2-25-15-5-3-14(4-6-15)20-27(23,24)17-9-7-16(8-10-17)26-13-18(22)19-11-12-21/h3-10,20-21H,2,11-13H2,1H3,(H,19,22). The lowest BCUT2D eigenvalue weighted by atomic mass is 10.3. The molecule has 0 aromatic heterocycles. The van der Waals surface area contributed by atoms with Gasteiger partial charge in [-0.15, -0.1) is 0 Å². The Bertz CT molecular complexity index is 835. The second-order valence-electron chi connectivity index (χ2n) is 5.40. The monoisotopic (exact) mass is 394 g/mol. The highest BCUT2D eigenvalue weighted by Crippen LogP contribution is 2.21. The van der Waals surface area contributed by atoms with Crippen LogP contribution in [-0.4, -0.2) is 45.8 Å². The summed E-state index contributed by atoms with van der Waals surface area (Å²) in [4.78, 5) is 11.5. The van der Waals surface area contributed by atoms with Crippen molar-refractivity contribution in [3.8, 4) is 11.5 Å². The Morgan fingerprint density at radius 3 is 2.19 bits per heavy atom. The van der Waals surface area contributed by atoms with Crippen molar-refractivity contribution >= 4 is 21.6 Å². The van der Waals surface area contributed by atoms with Crippen molar-refractivity contribution in [2.45, 2.75) is 11.8 Å². The lowest BCUT2D eigenvalue weighted by molar-refractivity contribution is -0.123. The minimum absolute atomic E-state index is 0.0634. The fourth-order valence-corrected chi connectivity index (χ4v) is 3.17. The third-order valence-electron chi connectivity index (χ3n) is 3.36. The number of rotatable bonds is 10. The van der Waals surface area contributed by atoms with Crippen molar-refractivity contribution in [2.75, 3.05) is 31.1 Å². The van der Waals surface area contributed by atoms with Crippen LogP contribution in [0.4, 0.5) is 5.69 Å². The van der Waals surface area contributed by atoms with Crippen molar-refractivity contribution in [3.05, 3.63) is 48.5 Å². The van der Waals surface area contributed by atoms with Gasteiger partial charge in [0.1, 0.15) is 11.5 Å². The van der Waals surface area contributed by atoms with Crippen LogP contribution in [0.25, 0.3) is 0 Å². The van der Waals surface area contributed by atoms with Crippen molar-refractivity contribution < 1.29 is 27.8 Å².